The highest BCUT2D eigenvalue weighted by Crippen LogP contribution is 2.41. The van der Waals surface area contributed by atoms with Crippen LogP contribution in [0.25, 0.3) is 117 Å². The van der Waals surface area contributed by atoms with Crippen molar-refractivity contribution in [2.45, 2.75) is 0 Å². The summed E-state index contributed by atoms with van der Waals surface area (Å²) in [4.78, 5) is 15.8. The van der Waals surface area contributed by atoms with E-state index in [4.69, 9.17) is 15.0 Å². The molecule has 0 amide bonds. The standard InChI is InChI=1S/C59H38N4/c1-4-17-39(18-5-1)47-29-16-30-50-57(47)51-37-43(33-34-52(51)60-58(50)40-19-6-2-7-20-40)42-23-14-24-44(35-42)53-38-54(62-59(61-53)41-21-8-3-9-22-41)45-25-15-26-46(36-45)63-55-31-12-10-27-48(55)49-28-11-13-32-56(49)63/h1-38H. The van der Waals surface area contributed by atoms with E-state index in [0.29, 0.717) is 5.82 Å². The molecule has 63 heavy (non-hydrogen) atoms. The lowest BCUT2D eigenvalue weighted by atomic mass is 9.91. The maximum atomic E-state index is 5.32. The molecule has 3 aromatic heterocycles. The van der Waals surface area contributed by atoms with Gasteiger partial charge < -0.3 is 4.57 Å². The van der Waals surface area contributed by atoms with Gasteiger partial charge in [-0.1, -0.05) is 182 Å². The largest absolute Gasteiger partial charge is 0.309 e. The minimum absolute atomic E-state index is 0.682. The van der Waals surface area contributed by atoms with Crippen molar-refractivity contribution in [1.29, 1.82) is 0 Å². The first-order valence-corrected chi connectivity index (χ1v) is 21.4. The number of hydrogen-bond donors (Lipinski definition) is 0. The third-order valence-electron chi connectivity index (χ3n) is 12.2. The van der Waals surface area contributed by atoms with E-state index in [1.54, 1.807) is 0 Å². The fraction of sp³-hybridized carbons (Fsp3) is 0. The fourth-order valence-corrected chi connectivity index (χ4v) is 9.23. The van der Waals surface area contributed by atoms with Crippen molar-refractivity contribution in [2.75, 3.05) is 0 Å². The molecule has 12 aromatic rings. The molecule has 3 heterocycles. The topological polar surface area (TPSA) is 43.6 Å². The van der Waals surface area contributed by atoms with E-state index in [-0.39, 0.29) is 0 Å². The van der Waals surface area contributed by atoms with Crippen LogP contribution >= 0.6 is 0 Å². The fourth-order valence-electron chi connectivity index (χ4n) is 9.23. The molecular weight excluding hydrogens is 765 g/mol. The highest BCUT2D eigenvalue weighted by Gasteiger charge is 2.18. The Morgan fingerprint density at radius 1 is 0.302 bits per heavy atom. The number of benzene rings is 9. The molecule has 0 N–H and O–H groups in total. The summed E-state index contributed by atoms with van der Waals surface area (Å²) in [5.74, 6) is 0.682. The minimum atomic E-state index is 0.682. The second-order valence-corrected chi connectivity index (χ2v) is 16.0. The molecule has 294 valence electrons. The Balaban J connectivity index is 1.01. The van der Waals surface area contributed by atoms with Crippen LogP contribution in [0.15, 0.2) is 231 Å². The third-order valence-corrected chi connectivity index (χ3v) is 12.2. The van der Waals surface area contributed by atoms with Crippen LogP contribution in [-0.2, 0) is 0 Å². The summed E-state index contributed by atoms with van der Waals surface area (Å²) >= 11 is 0. The molecule has 0 aliphatic rings. The Hall–Kier alpha value is -8.47. The number of aromatic nitrogens is 4. The zero-order valence-electron chi connectivity index (χ0n) is 34.2. The smallest absolute Gasteiger partial charge is 0.160 e. The van der Waals surface area contributed by atoms with Gasteiger partial charge in [0.25, 0.3) is 0 Å². The summed E-state index contributed by atoms with van der Waals surface area (Å²) in [6.07, 6.45) is 0. The first-order valence-electron chi connectivity index (χ1n) is 21.4. The van der Waals surface area contributed by atoms with Gasteiger partial charge in [-0.05, 0) is 70.8 Å². The molecule has 4 heteroatoms. The highest BCUT2D eigenvalue weighted by atomic mass is 15.0. The van der Waals surface area contributed by atoms with Crippen LogP contribution < -0.4 is 0 Å². The quantitative estimate of drug-likeness (QED) is 0.151. The first kappa shape index (κ1) is 36.4. The van der Waals surface area contributed by atoms with Crippen molar-refractivity contribution >= 4 is 43.5 Å². The van der Waals surface area contributed by atoms with Crippen molar-refractivity contribution in [3.63, 3.8) is 0 Å². The summed E-state index contributed by atoms with van der Waals surface area (Å²) in [5, 5.41) is 5.91. The Kier molecular flexibility index (Phi) is 8.79. The van der Waals surface area contributed by atoms with E-state index in [9.17, 15) is 0 Å². The average Bonchev–Trinajstić information content (AvgIpc) is 3.71. The Morgan fingerprint density at radius 3 is 1.52 bits per heavy atom. The van der Waals surface area contributed by atoms with Gasteiger partial charge in [-0.15, -0.1) is 0 Å². The van der Waals surface area contributed by atoms with E-state index in [2.05, 4.69) is 217 Å². The molecule has 0 aliphatic heterocycles. The third kappa shape index (κ3) is 6.44. The summed E-state index contributed by atoms with van der Waals surface area (Å²) in [6.45, 7) is 0. The van der Waals surface area contributed by atoms with E-state index < -0.39 is 0 Å². The molecule has 0 spiro atoms. The van der Waals surface area contributed by atoms with Crippen LogP contribution in [0.3, 0.4) is 0 Å². The molecule has 0 unspecified atom stereocenters. The molecule has 4 nitrogen and oxygen atoms in total. The summed E-state index contributed by atoms with van der Waals surface area (Å²) < 4.78 is 2.35. The molecule has 0 radical (unpaired) electrons. The van der Waals surface area contributed by atoms with Gasteiger partial charge in [-0.25, -0.2) is 15.0 Å². The predicted octanol–water partition coefficient (Wildman–Crippen LogP) is 15.3. The molecular formula is C59H38N4. The molecule has 0 atom stereocenters. The number of para-hydroxylation sites is 2. The number of hydrogen-bond acceptors (Lipinski definition) is 3. The van der Waals surface area contributed by atoms with Crippen molar-refractivity contribution in [3.8, 4) is 73.1 Å². The summed E-state index contributed by atoms with van der Waals surface area (Å²) in [7, 11) is 0. The second kappa shape index (κ2) is 15.2. The zero-order chi connectivity index (χ0) is 41.7. The van der Waals surface area contributed by atoms with Gasteiger partial charge >= 0.3 is 0 Å². The summed E-state index contributed by atoms with van der Waals surface area (Å²) in [6, 6.07) is 81.5. The molecule has 0 bridgehead atoms. The van der Waals surface area contributed by atoms with Crippen LogP contribution in [0.2, 0.25) is 0 Å². The number of nitrogens with zero attached hydrogens (tertiary/aromatic N) is 4. The average molecular weight is 803 g/mol. The Morgan fingerprint density at radius 2 is 0.825 bits per heavy atom. The van der Waals surface area contributed by atoms with Crippen molar-refractivity contribution < 1.29 is 0 Å². The van der Waals surface area contributed by atoms with Gasteiger partial charge in [-0.3, -0.25) is 0 Å². The second-order valence-electron chi connectivity index (χ2n) is 16.0. The van der Waals surface area contributed by atoms with Gasteiger partial charge in [0.15, 0.2) is 5.82 Å². The van der Waals surface area contributed by atoms with Gasteiger partial charge in [0.2, 0.25) is 0 Å². The SMILES string of the molecule is c1ccc(-c2nc(-c3cccc(-c4ccc5nc(-c6ccccc6)c6cccc(-c7ccccc7)c6c5c4)c3)cc(-c3cccc(-n4c5ccccc5c5ccccc54)c3)n2)cc1. The van der Waals surface area contributed by atoms with Crippen LogP contribution in [-0.4, -0.2) is 19.5 Å². The van der Waals surface area contributed by atoms with E-state index in [1.807, 2.05) is 18.2 Å². The van der Waals surface area contributed by atoms with Crippen LogP contribution in [0.1, 0.15) is 0 Å². The predicted molar refractivity (Wildman–Crippen MR) is 262 cm³/mol. The lowest BCUT2D eigenvalue weighted by Gasteiger charge is -2.15. The molecule has 0 fully saturated rings. The maximum Gasteiger partial charge on any atom is 0.160 e. The van der Waals surface area contributed by atoms with Gasteiger partial charge in [0, 0.05) is 54.9 Å². The van der Waals surface area contributed by atoms with E-state index in [1.165, 1.54) is 38.3 Å². The van der Waals surface area contributed by atoms with Crippen LogP contribution in [0.4, 0.5) is 0 Å². The molecule has 0 saturated heterocycles. The van der Waals surface area contributed by atoms with Crippen molar-refractivity contribution in [2.24, 2.45) is 0 Å². The van der Waals surface area contributed by atoms with E-state index in [0.717, 1.165) is 72.4 Å². The summed E-state index contributed by atoms with van der Waals surface area (Å²) in [5.41, 5.74) is 15.8. The van der Waals surface area contributed by atoms with Gasteiger partial charge in [0.05, 0.1) is 33.6 Å². The number of rotatable bonds is 7. The minimum Gasteiger partial charge on any atom is -0.309 e. The monoisotopic (exact) mass is 802 g/mol. The lowest BCUT2D eigenvalue weighted by Crippen LogP contribution is -1.98. The first-order chi connectivity index (χ1) is 31.2. The molecule has 0 aliphatic carbocycles. The zero-order valence-corrected chi connectivity index (χ0v) is 34.2. The van der Waals surface area contributed by atoms with Crippen LogP contribution in [0.5, 0.6) is 0 Å². The Bertz CT molecular complexity index is 3620. The highest BCUT2D eigenvalue weighted by molar-refractivity contribution is 6.17. The van der Waals surface area contributed by atoms with Gasteiger partial charge in [-0.2, -0.15) is 0 Å². The molecule has 12 rings (SSSR count). The van der Waals surface area contributed by atoms with Crippen LogP contribution in [0, 0.1) is 0 Å². The van der Waals surface area contributed by atoms with Gasteiger partial charge in [0.1, 0.15) is 0 Å². The number of pyridine rings is 1. The lowest BCUT2D eigenvalue weighted by molar-refractivity contribution is 1.16. The number of fused-ring (bicyclic) bond motifs is 6. The Labute approximate surface area is 365 Å². The van der Waals surface area contributed by atoms with Crippen molar-refractivity contribution in [3.05, 3.63) is 231 Å². The maximum absolute atomic E-state index is 5.32. The molecule has 0 saturated carbocycles. The van der Waals surface area contributed by atoms with Crippen molar-refractivity contribution in [1.82, 2.24) is 19.5 Å². The normalized spacial score (nSPS) is 11.5. The van der Waals surface area contributed by atoms with E-state index >= 15 is 0 Å². The molecule has 9 aromatic carbocycles.